The van der Waals surface area contributed by atoms with Crippen molar-refractivity contribution in [2.45, 2.75) is 13.1 Å². The minimum atomic E-state index is -4.62. The van der Waals surface area contributed by atoms with Gasteiger partial charge in [0.05, 0.1) is 22.6 Å². The van der Waals surface area contributed by atoms with Crippen molar-refractivity contribution in [3.05, 3.63) is 76.8 Å². The highest BCUT2D eigenvalue weighted by molar-refractivity contribution is 7.20. The zero-order chi connectivity index (χ0) is 22.9. The van der Waals surface area contributed by atoms with Crippen molar-refractivity contribution < 1.29 is 27.5 Å². The van der Waals surface area contributed by atoms with E-state index < -0.39 is 35.9 Å². The number of aryl methyl sites for hydroxylation is 1. The number of amides is 1. The molecule has 0 unspecified atom stereocenters. The first-order valence-electron chi connectivity index (χ1n) is 9.42. The van der Waals surface area contributed by atoms with E-state index in [1.807, 2.05) is 37.3 Å². The summed E-state index contributed by atoms with van der Waals surface area (Å²) < 4.78 is 45.9. The number of para-hydroxylation sites is 2. The number of ether oxygens (including phenoxy) is 1. The van der Waals surface area contributed by atoms with Gasteiger partial charge in [-0.2, -0.15) is 18.3 Å². The van der Waals surface area contributed by atoms with Gasteiger partial charge in [0.25, 0.3) is 5.91 Å². The molecule has 0 saturated carbocycles. The van der Waals surface area contributed by atoms with Crippen LogP contribution in [0.25, 0.3) is 15.9 Å². The van der Waals surface area contributed by atoms with E-state index in [1.165, 1.54) is 12.1 Å². The molecular weight excluding hydrogens is 443 g/mol. The van der Waals surface area contributed by atoms with Crippen LogP contribution in [0.1, 0.15) is 20.9 Å². The molecule has 2 heterocycles. The summed E-state index contributed by atoms with van der Waals surface area (Å²) in [6.07, 6.45) is -4.62. The van der Waals surface area contributed by atoms with E-state index in [2.05, 4.69) is 10.4 Å². The molecule has 0 saturated heterocycles. The lowest BCUT2D eigenvalue weighted by molar-refractivity contribution is -0.137. The van der Waals surface area contributed by atoms with Crippen LogP contribution < -0.4 is 5.32 Å². The first-order valence-corrected chi connectivity index (χ1v) is 10.2. The molecule has 32 heavy (non-hydrogen) atoms. The van der Waals surface area contributed by atoms with Crippen molar-refractivity contribution in [1.29, 1.82) is 0 Å². The van der Waals surface area contributed by atoms with Gasteiger partial charge in [0.15, 0.2) is 6.61 Å². The smallest absolute Gasteiger partial charge is 0.418 e. The third-order valence-corrected chi connectivity index (χ3v) is 5.68. The highest BCUT2D eigenvalue weighted by Crippen LogP contribution is 2.34. The van der Waals surface area contributed by atoms with Crippen molar-refractivity contribution in [2.75, 3.05) is 11.9 Å². The number of esters is 1. The summed E-state index contributed by atoms with van der Waals surface area (Å²) in [6, 6.07) is 15.6. The Bertz CT molecular complexity index is 1300. The van der Waals surface area contributed by atoms with Gasteiger partial charge in [-0.15, -0.1) is 11.3 Å². The number of nitrogens with one attached hydrogen (secondary N) is 1. The Morgan fingerprint density at radius 3 is 2.50 bits per heavy atom. The van der Waals surface area contributed by atoms with Gasteiger partial charge >= 0.3 is 12.1 Å². The number of hydrogen-bond donors (Lipinski definition) is 1. The zero-order valence-corrected chi connectivity index (χ0v) is 17.5. The fourth-order valence-corrected chi connectivity index (χ4v) is 4.20. The monoisotopic (exact) mass is 459 g/mol. The number of thiophene rings is 1. The van der Waals surface area contributed by atoms with Crippen LogP contribution in [0.2, 0.25) is 0 Å². The predicted octanol–water partition coefficient (Wildman–Crippen LogP) is 5.21. The molecule has 0 atom stereocenters. The average Bonchev–Trinajstić information content (AvgIpc) is 3.33. The van der Waals surface area contributed by atoms with Gasteiger partial charge < -0.3 is 10.1 Å². The van der Waals surface area contributed by atoms with E-state index in [0.717, 1.165) is 45.1 Å². The van der Waals surface area contributed by atoms with E-state index in [0.29, 0.717) is 0 Å². The van der Waals surface area contributed by atoms with Crippen LogP contribution in [0, 0.1) is 6.92 Å². The summed E-state index contributed by atoms with van der Waals surface area (Å²) in [7, 11) is 0. The summed E-state index contributed by atoms with van der Waals surface area (Å²) >= 11 is 1.15. The van der Waals surface area contributed by atoms with Crippen LogP contribution >= 0.6 is 11.3 Å². The van der Waals surface area contributed by atoms with Crippen molar-refractivity contribution in [3.8, 4) is 5.69 Å². The average molecular weight is 459 g/mol. The van der Waals surface area contributed by atoms with E-state index in [-0.39, 0.29) is 4.88 Å². The normalized spacial score (nSPS) is 11.5. The van der Waals surface area contributed by atoms with Crippen LogP contribution in [-0.4, -0.2) is 28.3 Å². The van der Waals surface area contributed by atoms with E-state index in [4.69, 9.17) is 4.74 Å². The van der Waals surface area contributed by atoms with E-state index in [9.17, 15) is 22.8 Å². The van der Waals surface area contributed by atoms with E-state index in [1.54, 1.807) is 10.7 Å². The third-order valence-electron chi connectivity index (χ3n) is 4.59. The number of halogens is 3. The topological polar surface area (TPSA) is 73.2 Å². The first-order chi connectivity index (χ1) is 15.2. The molecular formula is C22H16F3N3O3S. The van der Waals surface area contributed by atoms with Gasteiger partial charge in [-0.3, -0.25) is 4.79 Å². The number of benzene rings is 2. The Morgan fingerprint density at radius 1 is 1.09 bits per heavy atom. The second-order valence-corrected chi connectivity index (χ2v) is 7.86. The van der Waals surface area contributed by atoms with Crippen LogP contribution in [0.4, 0.5) is 18.9 Å². The molecule has 0 spiro atoms. The lowest BCUT2D eigenvalue weighted by atomic mass is 10.1. The standard InChI is InChI=1S/C22H16F3N3O3S/c1-13-15-11-18(32-20(15)28(27-13)14-7-3-2-4-8-14)21(30)31-12-19(29)26-17-10-6-5-9-16(17)22(23,24)25/h2-11H,12H2,1H3,(H,26,29). The SMILES string of the molecule is Cc1nn(-c2ccccc2)c2sc(C(=O)OCC(=O)Nc3ccccc3C(F)(F)F)cc12. The minimum absolute atomic E-state index is 0.258. The molecule has 0 radical (unpaired) electrons. The maximum Gasteiger partial charge on any atom is 0.418 e. The molecule has 2 aromatic heterocycles. The molecule has 0 aliphatic heterocycles. The molecule has 0 aliphatic carbocycles. The number of carbonyl (C=O) groups excluding carboxylic acids is 2. The van der Waals surface area contributed by atoms with Crippen molar-refractivity contribution in [2.24, 2.45) is 0 Å². The van der Waals surface area contributed by atoms with Crippen LogP contribution in [0.3, 0.4) is 0 Å². The van der Waals surface area contributed by atoms with Gasteiger partial charge in [-0.1, -0.05) is 30.3 Å². The van der Waals surface area contributed by atoms with Crippen molar-refractivity contribution in [1.82, 2.24) is 9.78 Å². The first kappa shape index (κ1) is 21.6. The Morgan fingerprint density at radius 2 is 1.78 bits per heavy atom. The number of alkyl halides is 3. The Labute approximate surface area is 184 Å². The summed E-state index contributed by atoms with van der Waals surface area (Å²) in [5, 5.41) is 7.40. The number of aromatic nitrogens is 2. The molecule has 10 heteroatoms. The third kappa shape index (κ3) is 4.35. The van der Waals surface area contributed by atoms with Gasteiger partial charge in [-0.05, 0) is 37.3 Å². The largest absolute Gasteiger partial charge is 0.451 e. The fraction of sp³-hybridized carbons (Fsp3) is 0.136. The number of hydrogen-bond acceptors (Lipinski definition) is 5. The zero-order valence-electron chi connectivity index (χ0n) is 16.6. The van der Waals surface area contributed by atoms with Gasteiger partial charge in [0.2, 0.25) is 0 Å². The second-order valence-electron chi connectivity index (χ2n) is 6.83. The van der Waals surface area contributed by atoms with Crippen LogP contribution in [0.5, 0.6) is 0 Å². The Balaban J connectivity index is 1.47. The number of nitrogens with zero attached hydrogens (tertiary/aromatic N) is 2. The van der Waals surface area contributed by atoms with Gasteiger partial charge in [-0.25, -0.2) is 9.48 Å². The summed E-state index contributed by atoms with van der Waals surface area (Å²) in [5.74, 6) is -1.62. The molecule has 0 fully saturated rings. The van der Waals surface area contributed by atoms with Gasteiger partial charge in [0, 0.05) is 5.39 Å². The van der Waals surface area contributed by atoms with Crippen LogP contribution in [0.15, 0.2) is 60.7 Å². The molecule has 4 rings (SSSR count). The lowest BCUT2D eigenvalue weighted by Gasteiger charge is -2.13. The molecule has 0 bridgehead atoms. The van der Waals surface area contributed by atoms with Crippen LogP contribution in [-0.2, 0) is 15.7 Å². The molecule has 4 aromatic rings. The lowest BCUT2D eigenvalue weighted by Crippen LogP contribution is -2.22. The van der Waals surface area contributed by atoms with Gasteiger partial charge in [0.1, 0.15) is 9.71 Å². The molecule has 6 nitrogen and oxygen atoms in total. The number of carbonyl (C=O) groups is 2. The fourth-order valence-electron chi connectivity index (χ4n) is 3.12. The number of anilines is 1. The molecule has 164 valence electrons. The maximum absolute atomic E-state index is 13.1. The summed E-state index contributed by atoms with van der Waals surface area (Å²) in [4.78, 5) is 25.5. The Kier molecular flexibility index (Phi) is 5.70. The van der Waals surface area contributed by atoms with E-state index >= 15 is 0 Å². The van der Waals surface area contributed by atoms with Crippen molar-refractivity contribution in [3.63, 3.8) is 0 Å². The molecule has 1 amide bonds. The highest BCUT2D eigenvalue weighted by atomic mass is 32.1. The molecule has 2 aromatic carbocycles. The van der Waals surface area contributed by atoms with Crippen molar-refractivity contribution >= 4 is 39.1 Å². The summed E-state index contributed by atoms with van der Waals surface area (Å²) in [6.45, 7) is 1.10. The molecule has 1 N–H and O–H groups in total. The number of rotatable bonds is 5. The minimum Gasteiger partial charge on any atom is -0.451 e. The molecule has 0 aliphatic rings. The highest BCUT2D eigenvalue weighted by Gasteiger charge is 2.33. The predicted molar refractivity (Wildman–Crippen MR) is 114 cm³/mol. The second kappa shape index (κ2) is 8.46. The number of fused-ring (bicyclic) bond motifs is 1. The maximum atomic E-state index is 13.1. The summed E-state index contributed by atoms with van der Waals surface area (Å²) in [5.41, 5.74) is 0.169. The quantitative estimate of drug-likeness (QED) is 0.416. The Hall–Kier alpha value is -3.66.